The van der Waals surface area contributed by atoms with Gasteiger partial charge in [-0.2, -0.15) is 9.97 Å². The second kappa shape index (κ2) is 8.54. The SMILES string of the molecule is COc1cc(Oc2ccc3c(C)c(Cc4cccc(N)c4F)c(=O)oc3c2)nc(OC)n1. The van der Waals surface area contributed by atoms with Crippen LogP contribution < -0.4 is 25.6 Å². The average Bonchev–Trinajstić information content (AvgIpc) is 2.78. The number of hydrogen-bond acceptors (Lipinski definition) is 8. The lowest BCUT2D eigenvalue weighted by molar-refractivity contribution is 0.339. The van der Waals surface area contributed by atoms with Crippen LogP contribution in [0, 0.1) is 12.7 Å². The molecule has 9 heteroatoms. The molecule has 0 aliphatic rings. The van der Waals surface area contributed by atoms with E-state index in [9.17, 15) is 9.18 Å². The maximum atomic E-state index is 14.3. The molecule has 32 heavy (non-hydrogen) atoms. The molecule has 2 aromatic heterocycles. The Kier molecular flexibility index (Phi) is 5.63. The molecular formula is C23H20FN3O5. The van der Waals surface area contributed by atoms with Crippen molar-refractivity contribution in [2.45, 2.75) is 13.3 Å². The number of benzene rings is 2. The van der Waals surface area contributed by atoms with E-state index in [2.05, 4.69) is 9.97 Å². The van der Waals surface area contributed by atoms with Crippen LogP contribution in [0.3, 0.4) is 0 Å². The zero-order chi connectivity index (χ0) is 22.8. The van der Waals surface area contributed by atoms with Crippen LogP contribution in [0.25, 0.3) is 11.0 Å². The van der Waals surface area contributed by atoms with Crippen molar-refractivity contribution in [2.75, 3.05) is 20.0 Å². The Morgan fingerprint density at radius 3 is 2.59 bits per heavy atom. The van der Waals surface area contributed by atoms with E-state index in [0.717, 1.165) is 0 Å². The fourth-order valence-corrected chi connectivity index (χ4v) is 3.32. The number of aromatic nitrogens is 2. The number of ether oxygens (including phenoxy) is 3. The molecule has 0 unspecified atom stereocenters. The van der Waals surface area contributed by atoms with Gasteiger partial charge in [-0.25, -0.2) is 9.18 Å². The Labute approximate surface area is 182 Å². The average molecular weight is 437 g/mol. The van der Waals surface area contributed by atoms with Gasteiger partial charge < -0.3 is 24.4 Å². The van der Waals surface area contributed by atoms with Crippen molar-refractivity contribution < 1.29 is 23.0 Å². The van der Waals surface area contributed by atoms with E-state index in [-0.39, 0.29) is 29.9 Å². The van der Waals surface area contributed by atoms with Crippen LogP contribution in [0.5, 0.6) is 23.5 Å². The maximum absolute atomic E-state index is 14.3. The van der Waals surface area contributed by atoms with Gasteiger partial charge in [-0.3, -0.25) is 0 Å². The third-order valence-electron chi connectivity index (χ3n) is 5.01. The van der Waals surface area contributed by atoms with Crippen LogP contribution in [0.2, 0.25) is 0 Å². The first-order valence-electron chi connectivity index (χ1n) is 9.63. The first-order valence-corrected chi connectivity index (χ1v) is 9.63. The van der Waals surface area contributed by atoms with E-state index in [1.54, 1.807) is 37.3 Å². The van der Waals surface area contributed by atoms with Crippen molar-refractivity contribution in [3.05, 3.63) is 75.4 Å². The van der Waals surface area contributed by atoms with E-state index in [1.165, 1.54) is 26.4 Å². The fraction of sp³-hybridized carbons (Fsp3) is 0.174. The molecule has 4 rings (SSSR count). The summed E-state index contributed by atoms with van der Waals surface area (Å²) in [5, 5.41) is 0.703. The molecule has 164 valence electrons. The van der Waals surface area contributed by atoms with Gasteiger partial charge in [-0.05, 0) is 36.2 Å². The lowest BCUT2D eigenvalue weighted by atomic mass is 9.99. The number of nitrogen functional groups attached to an aromatic ring is 1. The number of methoxy groups -OCH3 is 2. The summed E-state index contributed by atoms with van der Waals surface area (Å²) in [5.41, 5.74) is 6.82. The van der Waals surface area contributed by atoms with Crippen LogP contribution >= 0.6 is 0 Å². The quantitative estimate of drug-likeness (QED) is 0.356. The first-order chi connectivity index (χ1) is 15.4. The molecule has 0 aliphatic heterocycles. The van der Waals surface area contributed by atoms with Crippen molar-refractivity contribution in [2.24, 2.45) is 0 Å². The first kappa shape index (κ1) is 21.1. The highest BCUT2D eigenvalue weighted by atomic mass is 19.1. The highest BCUT2D eigenvalue weighted by Crippen LogP contribution is 2.29. The van der Waals surface area contributed by atoms with E-state index in [1.807, 2.05) is 0 Å². The van der Waals surface area contributed by atoms with Gasteiger partial charge in [0, 0.05) is 23.4 Å². The predicted octanol–water partition coefficient (Wildman–Crippen LogP) is 4.01. The van der Waals surface area contributed by atoms with Crippen LogP contribution in [0.4, 0.5) is 10.1 Å². The van der Waals surface area contributed by atoms with Gasteiger partial charge in [-0.1, -0.05) is 12.1 Å². The molecule has 0 atom stereocenters. The molecule has 2 aromatic carbocycles. The van der Waals surface area contributed by atoms with Gasteiger partial charge >= 0.3 is 11.6 Å². The Balaban J connectivity index is 1.70. The molecular weight excluding hydrogens is 417 g/mol. The standard InChI is InChI=1S/C23H20FN3O5/c1-12-15-8-7-14(31-20-11-19(29-2)26-23(27-20)30-3)10-18(15)32-22(28)16(12)9-13-5-4-6-17(25)21(13)24/h4-8,10-11H,9,25H2,1-3H3. The number of nitrogens with zero attached hydrogens (tertiary/aromatic N) is 2. The van der Waals surface area contributed by atoms with Gasteiger partial charge in [0.25, 0.3) is 0 Å². The molecule has 0 radical (unpaired) electrons. The van der Waals surface area contributed by atoms with E-state index >= 15 is 0 Å². The summed E-state index contributed by atoms with van der Waals surface area (Å²) < 4.78 is 35.8. The minimum absolute atomic E-state index is 0.0325. The minimum atomic E-state index is -0.556. The smallest absolute Gasteiger partial charge is 0.340 e. The zero-order valence-corrected chi connectivity index (χ0v) is 17.6. The van der Waals surface area contributed by atoms with Crippen molar-refractivity contribution >= 4 is 16.7 Å². The van der Waals surface area contributed by atoms with Crippen LogP contribution in [0.1, 0.15) is 16.7 Å². The number of hydrogen-bond donors (Lipinski definition) is 1. The second-order valence-electron chi connectivity index (χ2n) is 6.99. The third-order valence-corrected chi connectivity index (χ3v) is 5.01. The number of fused-ring (bicyclic) bond motifs is 1. The van der Waals surface area contributed by atoms with Gasteiger partial charge in [0.15, 0.2) is 0 Å². The number of nitrogens with two attached hydrogens (primary N) is 1. The Morgan fingerprint density at radius 2 is 1.84 bits per heavy atom. The molecule has 0 aliphatic carbocycles. The summed E-state index contributed by atoms with van der Waals surface area (Å²) in [6.07, 6.45) is 0.0692. The Hall–Kier alpha value is -4.14. The lowest BCUT2D eigenvalue weighted by Crippen LogP contribution is -2.12. The topological polar surface area (TPSA) is 110 Å². The normalized spacial score (nSPS) is 10.9. The molecule has 2 N–H and O–H groups in total. The van der Waals surface area contributed by atoms with E-state index < -0.39 is 11.4 Å². The van der Waals surface area contributed by atoms with E-state index in [0.29, 0.717) is 33.4 Å². The number of halogens is 1. The van der Waals surface area contributed by atoms with Gasteiger partial charge in [0.2, 0.25) is 11.8 Å². The molecule has 0 fully saturated rings. The van der Waals surface area contributed by atoms with Crippen molar-refractivity contribution in [3.63, 3.8) is 0 Å². The highest BCUT2D eigenvalue weighted by molar-refractivity contribution is 5.82. The summed E-state index contributed by atoms with van der Waals surface area (Å²) in [5.74, 6) is 0.317. The second-order valence-corrected chi connectivity index (χ2v) is 6.99. The monoisotopic (exact) mass is 437 g/mol. The lowest BCUT2D eigenvalue weighted by Gasteiger charge is -2.11. The fourth-order valence-electron chi connectivity index (χ4n) is 3.32. The molecule has 0 saturated carbocycles. The van der Waals surface area contributed by atoms with Gasteiger partial charge in [0.1, 0.15) is 17.1 Å². The zero-order valence-electron chi connectivity index (χ0n) is 17.6. The predicted molar refractivity (Wildman–Crippen MR) is 116 cm³/mol. The maximum Gasteiger partial charge on any atom is 0.340 e. The van der Waals surface area contributed by atoms with Crippen LogP contribution in [0.15, 0.2) is 51.7 Å². The largest absolute Gasteiger partial charge is 0.481 e. The molecule has 8 nitrogen and oxygen atoms in total. The molecule has 4 aromatic rings. The van der Waals surface area contributed by atoms with Gasteiger partial charge in [-0.15, -0.1) is 0 Å². The molecule has 2 heterocycles. The van der Waals surface area contributed by atoms with E-state index in [4.69, 9.17) is 24.4 Å². The number of rotatable bonds is 6. The Morgan fingerprint density at radius 1 is 1.06 bits per heavy atom. The molecule has 0 bridgehead atoms. The minimum Gasteiger partial charge on any atom is -0.481 e. The van der Waals surface area contributed by atoms with Crippen molar-refractivity contribution in [1.82, 2.24) is 9.97 Å². The molecule has 0 saturated heterocycles. The van der Waals surface area contributed by atoms with Gasteiger partial charge in [0.05, 0.1) is 26.0 Å². The molecule has 0 amide bonds. The summed E-state index contributed by atoms with van der Waals surface area (Å²) >= 11 is 0. The summed E-state index contributed by atoms with van der Waals surface area (Å²) in [4.78, 5) is 20.8. The van der Waals surface area contributed by atoms with Crippen molar-refractivity contribution in [1.29, 1.82) is 0 Å². The number of anilines is 1. The van der Waals surface area contributed by atoms with Crippen LogP contribution in [-0.4, -0.2) is 24.2 Å². The Bertz CT molecular complexity index is 1350. The summed E-state index contributed by atoms with van der Waals surface area (Å²) in [6, 6.07) is 11.3. The number of aryl methyl sites for hydroxylation is 1. The summed E-state index contributed by atoms with van der Waals surface area (Å²) in [6.45, 7) is 1.79. The van der Waals surface area contributed by atoms with Crippen LogP contribution in [-0.2, 0) is 6.42 Å². The van der Waals surface area contributed by atoms with Crippen molar-refractivity contribution in [3.8, 4) is 23.5 Å². The third kappa shape index (κ3) is 4.04. The highest BCUT2D eigenvalue weighted by Gasteiger charge is 2.16. The molecule has 0 spiro atoms. The summed E-state index contributed by atoms with van der Waals surface area (Å²) in [7, 11) is 2.89.